The van der Waals surface area contributed by atoms with Gasteiger partial charge in [-0.1, -0.05) is 30.3 Å². The lowest BCUT2D eigenvalue weighted by Crippen LogP contribution is -2.32. The number of hydrogen-bond acceptors (Lipinski definition) is 2. The molecule has 0 radical (unpaired) electrons. The number of halogens is 1. The second-order valence-corrected chi connectivity index (χ2v) is 4.95. The minimum atomic E-state index is 0. The van der Waals surface area contributed by atoms with Gasteiger partial charge in [-0.15, -0.1) is 12.4 Å². The third-order valence-electron chi connectivity index (χ3n) is 3.32. The molecular weight excluding hydrogens is 260 g/mol. The van der Waals surface area contributed by atoms with Gasteiger partial charge in [0.2, 0.25) is 5.91 Å². The Hall–Kier alpha value is -1.06. The molecule has 2 rings (SSSR count). The molecule has 0 unspecified atom stereocenters. The molecule has 0 aromatic heterocycles. The van der Waals surface area contributed by atoms with Crippen LogP contribution in [0.1, 0.15) is 31.2 Å². The van der Waals surface area contributed by atoms with Crippen molar-refractivity contribution in [3.63, 3.8) is 0 Å². The number of carbonyl (C=O) groups excluding carboxylic acids is 1. The summed E-state index contributed by atoms with van der Waals surface area (Å²) in [5.74, 6) is 0.302. The minimum Gasteiger partial charge on any atom is -0.335 e. The Bertz CT molecular complexity index is 379. The molecule has 0 atom stereocenters. The van der Waals surface area contributed by atoms with Crippen LogP contribution in [0.3, 0.4) is 0 Å². The van der Waals surface area contributed by atoms with Crippen molar-refractivity contribution in [1.82, 2.24) is 10.2 Å². The molecule has 1 saturated carbocycles. The summed E-state index contributed by atoms with van der Waals surface area (Å²) < 4.78 is 0. The second kappa shape index (κ2) is 8.18. The van der Waals surface area contributed by atoms with E-state index in [1.54, 1.807) is 0 Å². The molecule has 1 aliphatic rings. The predicted molar refractivity (Wildman–Crippen MR) is 80.4 cm³/mol. The molecule has 0 saturated heterocycles. The van der Waals surface area contributed by atoms with Crippen LogP contribution in [0, 0.1) is 0 Å². The van der Waals surface area contributed by atoms with Crippen molar-refractivity contribution in [2.45, 2.75) is 38.3 Å². The Balaban J connectivity index is 0.00000180. The Labute approximate surface area is 121 Å². The van der Waals surface area contributed by atoms with Gasteiger partial charge < -0.3 is 10.2 Å². The van der Waals surface area contributed by atoms with Crippen LogP contribution in [-0.4, -0.2) is 30.4 Å². The summed E-state index contributed by atoms with van der Waals surface area (Å²) >= 11 is 0. The number of carbonyl (C=O) groups is 1. The van der Waals surface area contributed by atoms with Gasteiger partial charge in [0.15, 0.2) is 0 Å². The summed E-state index contributed by atoms with van der Waals surface area (Å²) in [5.41, 5.74) is 1.23. The van der Waals surface area contributed by atoms with Crippen molar-refractivity contribution in [2.24, 2.45) is 0 Å². The quantitative estimate of drug-likeness (QED) is 0.780. The first kappa shape index (κ1) is 16.0. The van der Waals surface area contributed by atoms with Gasteiger partial charge in [-0.25, -0.2) is 0 Å². The van der Waals surface area contributed by atoms with Crippen LogP contribution < -0.4 is 5.32 Å². The van der Waals surface area contributed by atoms with Gasteiger partial charge in [-0.05, 0) is 38.4 Å². The maximum atomic E-state index is 12.2. The maximum Gasteiger partial charge on any atom is 0.223 e. The maximum absolute atomic E-state index is 12.2. The smallest absolute Gasteiger partial charge is 0.223 e. The van der Waals surface area contributed by atoms with Crippen molar-refractivity contribution >= 4 is 18.3 Å². The first-order valence-corrected chi connectivity index (χ1v) is 6.79. The first-order chi connectivity index (χ1) is 8.81. The number of amides is 1. The van der Waals surface area contributed by atoms with E-state index in [-0.39, 0.29) is 12.4 Å². The monoisotopic (exact) mass is 282 g/mol. The molecule has 3 nitrogen and oxygen atoms in total. The van der Waals surface area contributed by atoms with Gasteiger partial charge in [-0.3, -0.25) is 4.79 Å². The highest BCUT2D eigenvalue weighted by atomic mass is 35.5. The summed E-state index contributed by atoms with van der Waals surface area (Å²) in [6, 6.07) is 10.8. The SMILES string of the molecule is CNCCCC(=O)N(Cc1ccccc1)C1CC1.Cl. The van der Waals surface area contributed by atoms with E-state index in [1.807, 2.05) is 25.2 Å². The van der Waals surface area contributed by atoms with Gasteiger partial charge in [0.05, 0.1) is 0 Å². The van der Waals surface area contributed by atoms with Crippen molar-refractivity contribution in [2.75, 3.05) is 13.6 Å². The van der Waals surface area contributed by atoms with Crippen LogP contribution in [-0.2, 0) is 11.3 Å². The van der Waals surface area contributed by atoms with Gasteiger partial charge in [-0.2, -0.15) is 0 Å². The van der Waals surface area contributed by atoms with Crippen LogP contribution in [0.2, 0.25) is 0 Å². The summed E-state index contributed by atoms with van der Waals surface area (Å²) in [6.45, 7) is 1.68. The van der Waals surface area contributed by atoms with E-state index in [0.29, 0.717) is 18.4 Å². The Morgan fingerprint density at radius 1 is 1.32 bits per heavy atom. The third kappa shape index (κ3) is 5.21. The second-order valence-electron chi connectivity index (χ2n) is 4.95. The highest BCUT2D eigenvalue weighted by Crippen LogP contribution is 2.29. The van der Waals surface area contributed by atoms with E-state index in [4.69, 9.17) is 0 Å². The number of hydrogen-bond donors (Lipinski definition) is 1. The fraction of sp³-hybridized carbons (Fsp3) is 0.533. The Kier molecular flexibility index (Phi) is 6.89. The van der Waals surface area contributed by atoms with Gasteiger partial charge in [0.25, 0.3) is 0 Å². The molecule has 0 spiro atoms. The molecule has 0 aliphatic heterocycles. The van der Waals surface area contributed by atoms with E-state index in [9.17, 15) is 4.79 Å². The van der Waals surface area contributed by atoms with Gasteiger partial charge in [0.1, 0.15) is 0 Å². The van der Waals surface area contributed by atoms with Crippen molar-refractivity contribution < 1.29 is 4.79 Å². The zero-order valence-corrected chi connectivity index (χ0v) is 12.3. The molecule has 1 aliphatic carbocycles. The molecule has 19 heavy (non-hydrogen) atoms. The molecule has 1 fully saturated rings. The Morgan fingerprint density at radius 2 is 2.00 bits per heavy atom. The molecule has 1 aromatic rings. The lowest BCUT2D eigenvalue weighted by molar-refractivity contribution is -0.132. The highest BCUT2D eigenvalue weighted by Gasteiger charge is 2.31. The van der Waals surface area contributed by atoms with Crippen LogP contribution in [0.4, 0.5) is 0 Å². The number of rotatable bonds is 7. The fourth-order valence-corrected chi connectivity index (χ4v) is 2.15. The zero-order valence-electron chi connectivity index (χ0n) is 11.5. The molecule has 4 heteroatoms. The molecular formula is C15H23ClN2O. The molecule has 0 bridgehead atoms. The van der Waals surface area contributed by atoms with E-state index in [0.717, 1.165) is 19.5 Å². The van der Waals surface area contributed by atoms with Crippen LogP contribution in [0.25, 0.3) is 0 Å². The standard InChI is InChI=1S/C15H22N2O.ClH/c1-16-11-5-8-15(18)17(14-9-10-14)12-13-6-3-2-4-7-13;/h2-4,6-7,14,16H,5,8-12H2,1H3;1H. The van der Waals surface area contributed by atoms with Crippen LogP contribution in [0.15, 0.2) is 30.3 Å². The normalized spacial score (nSPS) is 13.7. The third-order valence-corrected chi connectivity index (χ3v) is 3.32. The average molecular weight is 283 g/mol. The van der Waals surface area contributed by atoms with Crippen molar-refractivity contribution in [1.29, 1.82) is 0 Å². The molecule has 0 heterocycles. The van der Waals surface area contributed by atoms with Gasteiger partial charge in [0, 0.05) is 19.0 Å². The summed E-state index contributed by atoms with van der Waals surface area (Å²) in [6.07, 6.45) is 3.92. The summed E-state index contributed by atoms with van der Waals surface area (Å²) in [4.78, 5) is 14.3. The van der Waals surface area contributed by atoms with Crippen LogP contribution >= 0.6 is 12.4 Å². The Morgan fingerprint density at radius 3 is 2.58 bits per heavy atom. The average Bonchev–Trinajstić information content (AvgIpc) is 3.21. The summed E-state index contributed by atoms with van der Waals surface area (Å²) in [5, 5.41) is 3.09. The highest BCUT2D eigenvalue weighted by molar-refractivity contribution is 5.85. The fourth-order valence-electron chi connectivity index (χ4n) is 2.15. The lowest BCUT2D eigenvalue weighted by atomic mass is 10.2. The molecule has 106 valence electrons. The molecule has 1 N–H and O–H groups in total. The lowest BCUT2D eigenvalue weighted by Gasteiger charge is -2.22. The number of nitrogens with zero attached hydrogens (tertiary/aromatic N) is 1. The first-order valence-electron chi connectivity index (χ1n) is 6.79. The largest absolute Gasteiger partial charge is 0.335 e. The van der Waals surface area contributed by atoms with E-state index >= 15 is 0 Å². The van der Waals surface area contributed by atoms with E-state index in [2.05, 4.69) is 22.3 Å². The minimum absolute atomic E-state index is 0. The van der Waals surface area contributed by atoms with Crippen LogP contribution in [0.5, 0.6) is 0 Å². The van der Waals surface area contributed by atoms with Crippen molar-refractivity contribution in [3.8, 4) is 0 Å². The van der Waals surface area contributed by atoms with Gasteiger partial charge >= 0.3 is 0 Å². The van der Waals surface area contributed by atoms with Crippen molar-refractivity contribution in [3.05, 3.63) is 35.9 Å². The number of benzene rings is 1. The topological polar surface area (TPSA) is 32.3 Å². The van der Waals surface area contributed by atoms with E-state index < -0.39 is 0 Å². The molecule has 1 amide bonds. The predicted octanol–water partition coefficient (Wildman–Crippen LogP) is 2.60. The van der Waals surface area contributed by atoms with E-state index in [1.165, 1.54) is 18.4 Å². The molecule has 1 aromatic carbocycles. The summed E-state index contributed by atoms with van der Waals surface area (Å²) in [7, 11) is 1.92. The zero-order chi connectivity index (χ0) is 12.8. The number of nitrogens with one attached hydrogen (secondary N) is 1.